The average molecular weight is 759 g/mol. The van der Waals surface area contributed by atoms with E-state index in [1.54, 1.807) is 19.9 Å². The van der Waals surface area contributed by atoms with Gasteiger partial charge in [-0.05, 0) is 71.2 Å². The Hall–Kier alpha value is -5.63. The number of urea groups is 2. The fourth-order valence-electron chi connectivity index (χ4n) is 3.98. The Morgan fingerprint density at radius 2 is 1.19 bits per heavy atom. The van der Waals surface area contributed by atoms with Gasteiger partial charge in [0, 0.05) is 47.5 Å². The van der Waals surface area contributed by atoms with Crippen LogP contribution >= 0.6 is 11.6 Å². The average Bonchev–Trinajstić information content (AvgIpc) is 2.97. The fraction of sp³-hybridized carbons (Fsp3) is 0.290. The summed E-state index contributed by atoms with van der Waals surface area (Å²) < 4.78 is 80.9. The lowest BCUT2D eigenvalue weighted by atomic mass is 10.3. The monoisotopic (exact) mass is 758 g/mol. The molecule has 0 fully saturated rings. The number of hydrogen-bond donors (Lipinski definition) is 5. The number of ether oxygens (including phenoxy) is 2. The number of aromatic nitrogens is 4. The van der Waals surface area contributed by atoms with Crippen molar-refractivity contribution in [3.05, 3.63) is 77.2 Å². The maximum Gasteiger partial charge on any atom is 0.573 e. The molecule has 0 atom stereocenters. The Labute approximate surface area is 298 Å². The van der Waals surface area contributed by atoms with Crippen LogP contribution in [0.2, 0.25) is 5.15 Å². The van der Waals surface area contributed by atoms with Crippen LogP contribution in [0.1, 0.15) is 17.8 Å². The highest BCUT2D eigenvalue weighted by molar-refractivity contribution is 6.29. The van der Waals surface area contributed by atoms with E-state index in [0.717, 1.165) is 37.2 Å². The molecule has 21 heteroatoms. The van der Waals surface area contributed by atoms with Gasteiger partial charge < -0.3 is 30.3 Å². The van der Waals surface area contributed by atoms with E-state index in [1.165, 1.54) is 30.3 Å². The minimum absolute atomic E-state index is 0.0322. The molecule has 0 saturated heterocycles. The maximum atomic E-state index is 12.3. The van der Waals surface area contributed by atoms with Gasteiger partial charge in [0.15, 0.2) is 0 Å². The standard InChI is InChI=1S/C18H23F3N6O2.C13H10ClF3N4O2/c1-12-10-15(22-8-5-9-27(2)3)25-16(23-12)26-17(28)24-13-6-4-7-14(11-13)29-18(19,20)21;1-7-5-10(14)20-11(18-7)21-12(22)19-8-3-2-4-9(6-8)23-13(15,16)17/h4,6-7,10-11H,5,8-9H2,1-3H3,(H3,22,23,24,25,26,28);2-6H,1H3,(H2,18,19,20,21,22). The predicted octanol–water partition coefficient (Wildman–Crippen LogP) is 7.67. The van der Waals surface area contributed by atoms with Gasteiger partial charge in [0.05, 0.1) is 0 Å². The molecule has 0 spiro atoms. The second-order valence-corrected chi connectivity index (χ2v) is 11.2. The van der Waals surface area contributed by atoms with Crippen LogP contribution in [0, 0.1) is 13.8 Å². The number of hydrogen-bond acceptors (Lipinski definition) is 10. The van der Waals surface area contributed by atoms with Crippen LogP contribution in [0.4, 0.5) is 65.0 Å². The number of benzene rings is 2. The van der Waals surface area contributed by atoms with Crippen LogP contribution in [0.15, 0.2) is 60.7 Å². The van der Waals surface area contributed by atoms with E-state index < -0.39 is 36.3 Å². The van der Waals surface area contributed by atoms with Gasteiger partial charge in [-0.3, -0.25) is 10.6 Å². The van der Waals surface area contributed by atoms with Crippen molar-refractivity contribution in [2.45, 2.75) is 33.0 Å². The summed E-state index contributed by atoms with van der Waals surface area (Å²) in [6.07, 6.45) is -8.71. The van der Waals surface area contributed by atoms with Gasteiger partial charge >= 0.3 is 24.8 Å². The Balaban J connectivity index is 0.000000288. The summed E-state index contributed by atoms with van der Waals surface area (Å²) in [5.41, 5.74) is 1.41. The lowest BCUT2D eigenvalue weighted by Gasteiger charge is -2.12. The normalized spacial score (nSPS) is 11.2. The molecule has 0 saturated carbocycles. The molecule has 14 nitrogen and oxygen atoms in total. The molecule has 0 unspecified atom stereocenters. The summed E-state index contributed by atoms with van der Waals surface area (Å²) in [7, 11) is 3.97. The molecule has 2 heterocycles. The van der Waals surface area contributed by atoms with Crippen LogP contribution in [-0.4, -0.2) is 76.8 Å². The summed E-state index contributed by atoms with van der Waals surface area (Å²) in [5.74, 6) is -0.293. The molecule has 4 rings (SSSR count). The number of halogens is 7. The fourth-order valence-corrected chi connectivity index (χ4v) is 4.22. The number of carbonyl (C=O) groups is 2. The van der Waals surface area contributed by atoms with Crippen molar-refractivity contribution in [1.29, 1.82) is 0 Å². The van der Waals surface area contributed by atoms with E-state index in [2.05, 4.69) is 60.9 Å². The summed E-state index contributed by atoms with van der Waals surface area (Å²) in [6.45, 7) is 5.04. The number of nitrogens with zero attached hydrogens (tertiary/aromatic N) is 5. The molecule has 52 heavy (non-hydrogen) atoms. The zero-order valence-electron chi connectivity index (χ0n) is 27.9. The molecule has 0 radical (unpaired) electrons. The van der Waals surface area contributed by atoms with E-state index in [4.69, 9.17) is 11.6 Å². The number of nitrogens with one attached hydrogen (secondary N) is 5. The van der Waals surface area contributed by atoms with Gasteiger partial charge in [-0.15, -0.1) is 26.3 Å². The van der Waals surface area contributed by atoms with E-state index in [0.29, 0.717) is 23.8 Å². The molecule has 2 aromatic carbocycles. The first-order chi connectivity index (χ1) is 24.3. The Morgan fingerprint density at radius 1 is 0.712 bits per heavy atom. The number of aryl methyl sites for hydroxylation is 2. The Kier molecular flexibility index (Phi) is 14.6. The molecule has 0 aliphatic heterocycles. The Bertz CT molecular complexity index is 1790. The SMILES string of the molecule is Cc1cc(Cl)nc(NC(=O)Nc2cccc(OC(F)(F)F)c2)n1.Cc1cc(NCCCN(C)C)nc(NC(=O)Nc2cccc(OC(F)(F)F)c2)n1. The van der Waals surface area contributed by atoms with E-state index in [9.17, 15) is 35.9 Å². The van der Waals surface area contributed by atoms with Crippen molar-refractivity contribution in [3.8, 4) is 11.5 Å². The third-order valence-corrected chi connectivity index (χ3v) is 6.06. The second-order valence-electron chi connectivity index (χ2n) is 10.8. The van der Waals surface area contributed by atoms with Gasteiger partial charge in [0.2, 0.25) is 11.9 Å². The van der Waals surface area contributed by atoms with Crippen LogP contribution in [0.25, 0.3) is 0 Å². The molecule has 4 amide bonds. The van der Waals surface area contributed by atoms with Crippen LogP contribution in [-0.2, 0) is 0 Å². The minimum atomic E-state index is -4.81. The zero-order chi connectivity index (χ0) is 38.5. The van der Waals surface area contributed by atoms with Crippen LogP contribution < -0.4 is 36.1 Å². The number of amides is 4. The van der Waals surface area contributed by atoms with E-state index in [-0.39, 0.29) is 28.4 Å². The number of rotatable bonds is 11. The first kappa shape index (κ1) is 40.8. The van der Waals surface area contributed by atoms with Crippen LogP contribution in [0.5, 0.6) is 11.5 Å². The van der Waals surface area contributed by atoms with E-state index in [1.807, 2.05) is 14.1 Å². The first-order valence-corrected chi connectivity index (χ1v) is 15.3. The predicted molar refractivity (Wildman–Crippen MR) is 182 cm³/mol. The smallest absolute Gasteiger partial charge is 0.406 e. The van der Waals surface area contributed by atoms with Crippen LogP contribution in [0.3, 0.4) is 0 Å². The van der Waals surface area contributed by atoms with Gasteiger partial charge in [0.25, 0.3) is 0 Å². The highest BCUT2D eigenvalue weighted by atomic mass is 35.5. The van der Waals surface area contributed by atoms with Crippen molar-refractivity contribution in [3.63, 3.8) is 0 Å². The minimum Gasteiger partial charge on any atom is -0.406 e. The van der Waals surface area contributed by atoms with Crippen molar-refractivity contribution < 1.29 is 45.4 Å². The van der Waals surface area contributed by atoms with Crippen molar-refractivity contribution in [2.75, 3.05) is 53.8 Å². The molecule has 0 bridgehead atoms. The Morgan fingerprint density at radius 3 is 1.65 bits per heavy atom. The topological polar surface area (TPSA) is 168 Å². The quantitative estimate of drug-likeness (QED) is 0.0582. The lowest BCUT2D eigenvalue weighted by molar-refractivity contribution is -0.275. The van der Waals surface area contributed by atoms with Gasteiger partial charge in [0.1, 0.15) is 22.5 Å². The molecule has 0 aliphatic carbocycles. The van der Waals surface area contributed by atoms with Crippen molar-refractivity contribution in [2.24, 2.45) is 0 Å². The van der Waals surface area contributed by atoms with E-state index >= 15 is 0 Å². The number of alkyl halides is 6. The molecular weight excluding hydrogens is 726 g/mol. The molecule has 0 aliphatic rings. The summed E-state index contributed by atoms with van der Waals surface area (Å²) in [6, 6.07) is 11.6. The third-order valence-electron chi connectivity index (χ3n) is 5.87. The highest BCUT2D eigenvalue weighted by Gasteiger charge is 2.32. The number of carbonyl (C=O) groups excluding carboxylic acids is 2. The summed E-state index contributed by atoms with van der Waals surface area (Å²) >= 11 is 5.73. The summed E-state index contributed by atoms with van der Waals surface area (Å²) in [5, 5.41) is 12.8. The first-order valence-electron chi connectivity index (χ1n) is 14.9. The second kappa shape index (κ2) is 18.6. The molecule has 280 valence electrons. The van der Waals surface area contributed by atoms with Crippen molar-refractivity contribution in [1.82, 2.24) is 24.8 Å². The maximum absolute atomic E-state index is 12.3. The van der Waals surface area contributed by atoms with Crippen molar-refractivity contribution >= 4 is 52.8 Å². The summed E-state index contributed by atoms with van der Waals surface area (Å²) in [4.78, 5) is 42.1. The number of anilines is 5. The van der Waals surface area contributed by atoms with Gasteiger partial charge in [-0.2, -0.15) is 4.98 Å². The third kappa shape index (κ3) is 16.4. The zero-order valence-corrected chi connectivity index (χ0v) is 28.7. The van der Waals surface area contributed by atoms with Gasteiger partial charge in [-0.25, -0.2) is 24.5 Å². The largest absolute Gasteiger partial charge is 0.573 e. The molecule has 5 N–H and O–H groups in total. The lowest BCUT2D eigenvalue weighted by Crippen LogP contribution is -2.22. The molecular formula is C31H33ClF6N10O4. The molecule has 4 aromatic rings. The molecule has 2 aromatic heterocycles. The highest BCUT2D eigenvalue weighted by Crippen LogP contribution is 2.26. The van der Waals surface area contributed by atoms with Gasteiger partial charge in [-0.1, -0.05) is 23.7 Å².